The van der Waals surface area contributed by atoms with E-state index in [-0.39, 0.29) is 24.2 Å². The molecule has 0 spiro atoms. The van der Waals surface area contributed by atoms with Crippen molar-refractivity contribution >= 4 is 11.7 Å². The number of carbonyl (C=O) groups excluding carboxylic acids is 1. The highest BCUT2D eigenvalue weighted by molar-refractivity contribution is 5.70. The van der Waals surface area contributed by atoms with Crippen LogP contribution in [-0.2, 0) is 9.53 Å². The van der Waals surface area contributed by atoms with Crippen molar-refractivity contribution in [2.75, 3.05) is 12.4 Å². The number of benzene rings is 1. The van der Waals surface area contributed by atoms with E-state index in [1.54, 1.807) is 6.92 Å². The SMILES string of the molecule is COC(=O)CC(C)Nc1ccc(OC(F)(F)F)cc1. The van der Waals surface area contributed by atoms with E-state index in [0.717, 1.165) is 0 Å². The summed E-state index contributed by atoms with van der Waals surface area (Å²) in [6, 6.07) is 5.08. The molecule has 0 aromatic heterocycles. The van der Waals surface area contributed by atoms with Crippen molar-refractivity contribution in [1.29, 1.82) is 0 Å². The highest BCUT2D eigenvalue weighted by atomic mass is 19.4. The van der Waals surface area contributed by atoms with Gasteiger partial charge < -0.3 is 14.8 Å². The largest absolute Gasteiger partial charge is 0.573 e. The molecule has 1 unspecified atom stereocenters. The summed E-state index contributed by atoms with van der Waals surface area (Å²) in [7, 11) is 1.29. The van der Waals surface area contributed by atoms with Crippen molar-refractivity contribution in [3.63, 3.8) is 0 Å². The number of alkyl halides is 3. The molecule has 0 aliphatic heterocycles. The average molecular weight is 277 g/mol. The third-order valence-corrected chi connectivity index (χ3v) is 2.20. The summed E-state index contributed by atoms with van der Waals surface area (Å²) in [4.78, 5) is 11.0. The summed E-state index contributed by atoms with van der Waals surface area (Å²) in [6.07, 6.45) is -4.54. The Kier molecular flexibility index (Phi) is 5.02. The maximum atomic E-state index is 11.9. The molecule has 1 N–H and O–H groups in total. The lowest BCUT2D eigenvalue weighted by atomic mass is 10.2. The van der Waals surface area contributed by atoms with Crippen LogP contribution >= 0.6 is 0 Å². The number of halogens is 3. The van der Waals surface area contributed by atoms with Crippen LogP contribution in [0.5, 0.6) is 5.75 Å². The van der Waals surface area contributed by atoms with E-state index in [1.807, 2.05) is 0 Å². The zero-order chi connectivity index (χ0) is 14.5. The third-order valence-electron chi connectivity index (χ3n) is 2.20. The van der Waals surface area contributed by atoms with E-state index < -0.39 is 6.36 Å². The highest BCUT2D eigenvalue weighted by Crippen LogP contribution is 2.24. The second kappa shape index (κ2) is 6.31. The number of carbonyl (C=O) groups is 1. The van der Waals surface area contributed by atoms with Gasteiger partial charge in [0.1, 0.15) is 5.75 Å². The molecule has 0 saturated carbocycles. The molecule has 0 bridgehead atoms. The Bertz CT molecular complexity index is 417. The summed E-state index contributed by atoms with van der Waals surface area (Å²) < 4.78 is 44.1. The number of hydrogen-bond donors (Lipinski definition) is 1. The van der Waals surface area contributed by atoms with Crippen molar-refractivity contribution in [2.24, 2.45) is 0 Å². The van der Waals surface area contributed by atoms with Gasteiger partial charge in [-0.2, -0.15) is 0 Å². The van der Waals surface area contributed by atoms with E-state index in [2.05, 4.69) is 14.8 Å². The molecule has 106 valence electrons. The Morgan fingerprint density at radius 1 is 1.32 bits per heavy atom. The second-order valence-electron chi connectivity index (χ2n) is 3.90. The molecule has 7 heteroatoms. The number of esters is 1. The predicted molar refractivity (Wildman–Crippen MR) is 62.8 cm³/mol. The molecule has 0 aliphatic rings. The molecule has 0 amide bonds. The Hall–Kier alpha value is -1.92. The lowest BCUT2D eigenvalue weighted by molar-refractivity contribution is -0.274. The van der Waals surface area contributed by atoms with Crippen molar-refractivity contribution in [3.05, 3.63) is 24.3 Å². The van der Waals surface area contributed by atoms with Gasteiger partial charge in [-0.15, -0.1) is 13.2 Å². The topological polar surface area (TPSA) is 47.6 Å². The minimum atomic E-state index is -4.70. The first-order valence-electron chi connectivity index (χ1n) is 5.49. The Balaban J connectivity index is 2.54. The van der Waals surface area contributed by atoms with Gasteiger partial charge in [-0.3, -0.25) is 4.79 Å². The number of ether oxygens (including phenoxy) is 2. The van der Waals surface area contributed by atoms with Crippen LogP contribution in [0.2, 0.25) is 0 Å². The van der Waals surface area contributed by atoms with Gasteiger partial charge in [0.05, 0.1) is 13.5 Å². The normalized spacial score (nSPS) is 12.7. The quantitative estimate of drug-likeness (QED) is 0.841. The molecule has 1 atom stereocenters. The number of hydrogen-bond acceptors (Lipinski definition) is 4. The van der Waals surface area contributed by atoms with E-state index >= 15 is 0 Å². The second-order valence-corrected chi connectivity index (χ2v) is 3.90. The van der Waals surface area contributed by atoms with Gasteiger partial charge in [0, 0.05) is 11.7 Å². The molecule has 0 fully saturated rings. The van der Waals surface area contributed by atoms with Crippen LogP contribution in [0.25, 0.3) is 0 Å². The summed E-state index contributed by atoms with van der Waals surface area (Å²) >= 11 is 0. The lowest BCUT2D eigenvalue weighted by Gasteiger charge is -2.14. The van der Waals surface area contributed by atoms with Crippen LogP contribution in [0.3, 0.4) is 0 Å². The Morgan fingerprint density at radius 3 is 2.37 bits per heavy atom. The van der Waals surface area contributed by atoms with Crippen LogP contribution in [0.4, 0.5) is 18.9 Å². The van der Waals surface area contributed by atoms with Crippen LogP contribution < -0.4 is 10.1 Å². The van der Waals surface area contributed by atoms with Crippen LogP contribution in [-0.4, -0.2) is 25.5 Å². The zero-order valence-corrected chi connectivity index (χ0v) is 10.5. The first-order valence-corrected chi connectivity index (χ1v) is 5.49. The molecular weight excluding hydrogens is 263 g/mol. The first kappa shape index (κ1) is 15.1. The fraction of sp³-hybridized carbons (Fsp3) is 0.417. The minimum absolute atomic E-state index is 0.164. The number of rotatable bonds is 5. The molecular formula is C12H14F3NO3. The van der Waals surface area contributed by atoms with E-state index in [9.17, 15) is 18.0 Å². The fourth-order valence-corrected chi connectivity index (χ4v) is 1.42. The van der Waals surface area contributed by atoms with Crippen molar-refractivity contribution in [1.82, 2.24) is 0 Å². The summed E-state index contributed by atoms with van der Waals surface area (Å²) in [5, 5.41) is 2.96. The molecule has 1 aromatic rings. The zero-order valence-electron chi connectivity index (χ0n) is 10.5. The van der Waals surface area contributed by atoms with Crippen molar-refractivity contribution in [2.45, 2.75) is 25.7 Å². The Morgan fingerprint density at radius 2 is 1.89 bits per heavy atom. The highest BCUT2D eigenvalue weighted by Gasteiger charge is 2.30. The molecule has 4 nitrogen and oxygen atoms in total. The molecule has 0 radical (unpaired) electrons. The van der Waals surface area contributed by atoms with Crippen molar-refractivity contribution in [3.8, 4) is 5.75 Å². The van der Waals surface area contributed by atoms with Gasteiger partial charge in [-0.05, 0) is 31.2 Å². The number of nitrogens with one attached hydrogen (secondary N) is 1. The van der Waals surface area contributed by atoms with Crippen molar-refractivity contribution < 1.29 is 27.4 Å². The van der Waals surface area contributed by atoms with Gasteiger partial charge >= 0.3 is 12.3 Å². The van der Waals surface area contributed by atoms with Gasteiger partial charge in [0.15, 0.2) is 0 Å². The smallest absolute Gasteiger partial charge is 0.469 e. The summed E-state index contributed by atoms with van der Waals surface area (Å²) in [5.41, 5.74) is 0.589. The Labute approximate surface area is 108 Å². The maximum absolute atomic E-state index is 11.9. The minimum Gasteiger partial charge on any atom is -0.469 e. The van der Waals surface area contributed by atoms with Crippen LogP contribution in [0.1, 0.15) is 13.3 Å². The van der Waals surface area contributed by atoms with Crippen LogP contribution in [0.15, 0.2) is 24.3 Å². The summed E-state index contributed by atoms with van der Waals surface area (Å²) in [5.74, 6) is -0.657. The summed E-state index contributed by atoms with van der Waals surface area (Å²) in [6.45, 7) is 1.76. The van der Waals surface area contributed by atoms with Gasteiger partial charge in [0.2, 0.25) is 0 Å². The monoisotopic (exact) mass is 277 g/mol. The third kappa shape index (κ3) is 5.98. The van der Waals surface area contributed by atoms with Gasteiger partial charge in [-0.25, -0.2) is 0 Å². The van der Waals surface area contributed by atoms with Gasteiger partial charge in [0.25, 0.3) is 0 Å². The lowest BCUT2D eigenvalue weighted by Crippen LogP contribution is -2.20. The molecule has 0 aliphatic carbocycles. The molecule has 0 saturated heterocycles. The van der Waals surface area contributed by atoms with E-state index in [4.69, 9.17) is 0 Å². The van der Waals surface area contributed by atoms with E-state index in [0.29, 0.717) is 5.69 Å². The number of anilines is 1. The van der Waals surface area contributed by atoms with E-state index in [1.165, 1.54) is 31.4 Å². The average Bonchev–Trinajstić information content (AvgIpc) is 2.29. The molecule has 19 heavy (non-hydrogen) atoms. The number of methoxy groups -OCH3 is 1. The fourth-order valence-electron chi connectivity index (χ4n) is 1.42. The van der Waals surface area contributed by atoms with Gasteiger partial charge in [-0.1, -0.05) is 0 Å². The van der Waals surface area contributed by atoms with Crippen LogP contribution in [0, 0.1) is 0 Å². The first-order chi connectivity index (χ1) is 8.80. The maximum Gasteiger partial charge on any atom is 0.573 e. The predicted octanol–water partition coefficient (Wildman–Crippen LogP) is 2.95. The molecule has 0 heterocycles. The molecule has 1 rings (SSSR count). The molecule has 1 aromatic carbocycles. The standard InChI is InChI=1S/C12H14F3NO3/c1-8(7-11(17)18-2)16-9-3-5-10(6-4-9)19-12(13,14)15/h3-6,8,16H,7H2,1-2H3.